The number of H-pyrrole nitrogens is 1. The van der Waals surface area contributed by atoms with Gasteiger partial charge in [0, 0.05) is 61.2 Å². The monoisotopic (exact) mass is 443 g/mol. The number of benzene rings is 2. The third-order valence-electron chi connectivity index (χ3n) is 5.98. The van der Waals surface area contributed by atoms with Crippen LogP contribution in [0.4, 0.5) is 5.95 Å². The van der Waals surface area contributed by atoms with Crippen LogP contribution < -0.4 is 9.64 Å². The Labute approximate surface area is 191 Å². The molecule has 1 aliphatic rings. The number of carbonyl (C=O) groups is 1. The molecule has 0 unspecified atom stereocenters. The summed E-state index contributed by atoms with van der Waals surface area (Å²) in [5, 5.41) is 11.0. The molecule has 2 aromatic carbocycles. The van der Waals surface area contributed by atoms with Gasteiger partial charge < -0.3 is 19.7 Å². The maximum atomic E-state index is 12.4. The zero-order chi connectivity index (χ0) is 22.6. The van der Waals surface area contributed by atoms with Crippen molar-refractivity contribution in [2.45, 2.75) is 12.6 Å². The highest BCUT2D eigenvalue weighted by molar-refractivity contribution is 5.90. The summed E-state index contributed by atoms with van der Waals surface area (Å²) >= 11 is 0. The zero-order valence-corrected chi connectivity index (χ0v) is 18.1. The van der Waals surface area contributed by atoms with Gasteiger partial charge in [-0.25, -0.2) is 9.97 Å². The number of rotatable bonds is 7. The lowest BCUT2D eigenvalue weighted by Gasteiger charge is -2.37. The number of carboxylic acid groups (broad SMARTS) is 1. The third-order valence-corrected chi connectivity index (χ3v) is 5.98. The summed E-state index contributed by atoms with van der Waals surface area (Å²) in [5.74, 6) is 0.523. The van der Waals surface area contributed by atoms with Gasteiger partial charge >= 0.3 is 5.97 Å². The van der Waals surface area contributed by atoms with Crippen molar-refractivity contribution in [3.05, 3.63) is 84.3 Å². The first-order valence-corrected chi connectivity index (χ1v) is 11.0. The smallest absolute Gasteiger partial charge is 0.325 e. The lowest BCUT2D eigenvalue weighted by Crippen LogP contribution is -2.49. The Morgan fingerprint density at radius 1 is 1.03 bits per heavy atom. The van der Waals surface area contributed by atoms with Crippen molar-refractivity contribution in [1.82, 2.24) is 19.9 Å². The molecule has 3 heterocycles. The Morgan fingerprint density at radius 2 is 1.79 bits per heavy atom. The normalized spacial score (nSPS) is 15.5. The van der Waals surface area contributed by atoms with Gasteiger partial charge in [-0.1, -0.05) is 30.3 Å². The first-order valence-electron chi connectivity index (χ1n) is 11.0. The highest BCUT2D eigenvalue weighted by Crippen LogP contribution is 2.32. The summed E-state index contributed by atoms with van der Waals surface area (Å²) in [7, 11) is 0. The number of fused-ring (bicyclic) bond motifs is 1. The van der Waals surface area contributed by atoms with Crippen LogP contribution in [0.15, 0.2) is 73.2 Å². The van der Waals surface area contributed by atoms with E-state index in [4.69, 9.17) is 4.74 Å². The van der Waals surface area contributed by atoms with Gasteiger partial charge in [-0.05, 0) is 29.8 Å². The highest BCUT2D eigenvalue weighted by Gasteiger charge is 2.32. The summed E-state index contributed by atoms with van der Waals surface area (Å²) < 4.78 is 5.98. The number of aromatic amines is 1. The van der Waals surface area contributed by atoms with E-state index in [1.807, 2.05) is 53.4 Å². The van der Waals surface area contributed by atoms with Crippen molar-refractivity contribution in [2.75, 3.05) is 31.1 Å². The number of nitrogens with one attached hydrogen (secondary N) is 1. The molecule has 33 heavy (non-hydrogen) atoms. The van der Waals surface area contributed by atoms with Crippen LogP contribution in [0.2, 0.25) is 0 Å². The Morgan fingerprint density at radius 3 is 2.52 bits per heavy atom. The minimum absolute atomic E-state index is 0.456. The number of carboxylic acids is 1. The van der Waals surface area contributed by atoms with Crippen molar-refractivity contribution in [1.29, 1.82) is 0 Å². The molecule has 0 amide bonds. The molecule has 1 saturated heterocycles. The molecule has 0 radical (unpaired) electrons. The molecule has 168 valence electrons. The van der Waals surface area contributed by atoms with E-state index >= 15 is 0 Å². The fourth-order valence-electron chi connectivity index (χ4n) is 4.30. The van der Waals surface area contributed by atoms with E-state index in [2.05, 4.69) is 19.9 Å². The minimum atomic E-state index is -0.865. The van der Waals surface area contributed by atoms with E-state index in [1.54, 1.807) is 24.7 Å². The van der Waals surface area contributed by atoms with Gasteiger partial charge in [0.25, 0.3) is 0 Å². The van der Waals surface area contributed by atoms with Crippen molar-refractivity contribution in [3.63, 3.8) is 0 Å². The summed E-state index contributed by atoms with van der Waals surface area (Å²) in [4.78, 5) is 28.3. The molecule has 0 bridgehead atoms. The Kier molecular flexibility index (Phi) is 5.91. The highest BCUT2D eigenvalue weighted by atomic mass is 16.5. The standard InChI is InChI=1S/C25H25N5O3/c31-24(32)23(29-11-13-30(14-12-29)25-26-9-4-10-27-25)21-16-28-22-8-7-19(15-20(21)22)33-17-18-5-2-1-3-6-18/h1-10,15-16,23,28H,11-14,17H2,(H,31,32)/t23-/m1/s1. The van der Waals surface area contributed by atoms with Gasteiger partial charge in [-0.15, -0.1) is 0 Å². The fraction of sp³-hybridized carbons (Fsp3) is 0.240. The number of piperazine rings is 1. The SMILES string of the molecule is O=C(O)[C@@H](c1c[nH]c2ccc(OCc3ccccc3)cc12)N1CCN(c2ncccn2)CC1. The van der Waals surface area contributed by atoms with Gasteiger partial charge in [0.2, 0.25) is 5.95 Å². The molecule has 0 saturated carbocycles. The van der Waals surface area contributed by atoms with Crippen molar-refractivity contribution < 1.29 is 14.6 Å². The molecule has 0 aliphatic carbocycles. The van der Waals surface area contributed by atoms with E-state index < -0.39 is 12.0 Å². The molecule has 1 atom stereocenters. The van der Waals surface area contributed by atoms with Gasteiger partial charge in [0.15, 0.2) is 0 Å². The third kappa shape index (κ3) is 4.51. The van der Waals surface area contributed by atoms with E-state index in [0.717, 1.165) is 22.0 Å². The molecule has 2 N–H and O–H groups in total. The largest absolute Gasteiger partial charge is 0.489 e. The summed E-state index contributed by atoms with van der Waals surface area (Å²) in [6.07, 6.45) is 5.24. The number of ether oxygens (including phenoxy) is 1. The number of anilines is 1. The van der Waals surface area contributed by atoms with Crippen LogP contribution in [-0.2, 0) is 11.4 Å². The average molecular weight is 444 g/mol. The van der Waals surface area contributed by atoms with Gasteiger partial charge in [-0.2, -0.15) is 0 Å². The van der Waals surface area contributed by atoms with E-state index in [0.29, 0.717) is 44.5 Å². The Balaban J connectivity index is 1.35. The Hall–Kier alpha value is -3.91. The second-order valence-corrected chi connectivity index (χ2v) is 8.04. The molecule has 5 rings (SSSR count). The topological polar surface area (TPSA) is 94.6 Å². The number of hydrogen-bond donors (Lipinski definition) is 2. The van der Waals surface area contributed by atoms with Gasteiger partial charge in [0.1, 0.15) is 18.4 Å². The van der Waals surface area contributed by atoms with Crippen LogP contribution in [-0.4, -0.2) is 57.1 Å². The molecule has 1 aliphatic heterocycles. The zero-order valence-electron chi connectivity index (χ0n) is 18.1. The molecule has 4 aromatic rings. The molecule has 0 spiro atoms. The second kappa shape index (κ2) is 9.30. The number of nitrogens with zero attached hydrogens (tertiary/aromatic N) is 4. The molecular formula is C25H25N5O3. The van der Waals surface area contributed by atoms with Crippen LogP contribution in [0.5, 0.6) is 5.75 Å². The molecule has 1 fully saturated rings. The van der Waals surface area contributed by atoms with Crippen LogP contribution in [0.1, 0.15) is 17.2 Å². The van der Waals surface area contributed by atoms with E-state index in [9.17, 15) is 9.90 Å². The summed E-state index contributed by atoms with van der Waals surface area (Å²) in [6.45, 7) is 3.00. The maximum Gasteiger partial charge on any atom is 0.325 e. The minimum Gasteiger partial charge on any atom is -0.489 e. The quantitative estimate of drug-likeness (QED) is 0.452. The van der Waals surface area contributed by atoms with Gasteiger partial charge in [-0.3, -0.25) is 9.69 Å². The van der Waals surface area contributed by atoms with Crippen LogP contribution >= 0.6 is 0 Å². The first kappa shape index (κ1) is 21.0. The second-order valence-electron chi connectivity index (χ2n) is 8.04. The molecule has 8 nitrogen and oxygen atoms in total. The van der Waals surface area contributed by atoms with Crippen molar-refractivity contribution in [2.24, 2.45) is 0 Å². The van der Waals surface area contributed by atoms with Crippen molar-refractivity contribution >= 4 is 22.8 Å². The van der Waals surface area contributed by atoms with Crippen molar-refractivity contribution in [3.8, 4) is 5.75 Å². The first-order chi connectivity index (χ1) is 16.2. The number of hydrogen-bond acceptors (Lipinski definition) is 6. The maximum absolute atomic E-state index is 12.4. The van der Waals surface area contributed by atoms with Crippen LogP contribution in [0, 0.1) is 0 Å². The number of aromatic nitrogens is 3. The van der Waals surface area contributed by atoms with E-state index in [-0.39, 0.29) is 0 Å². The summed E-state index contributed by atoms with van der Waals surface area (Å²) in [5.41, 5.74) is 2.71. The molecular weight excluding hydrogens is 418 g/mol. The molecule has 2 aromatic heterocycles. The average Bonchev–Trinajstić information content (AvgIpc) is 3.27. The fourth-order valence-corrected chi connectivity index (χ4v) is 4.30. The molecule has 8 heteroatoms. The van der Waals surface area contributed by atoms with Crippen LogP contribution in [0.3, 0.4) is 0 Å². The van der Waals surface area contributed by atoms with Gasteiger partial charge in [0.05, 0.1) is 0 Å². The Bertz CT molecular complexity index is 1220. The lowest BCUT2D eigenvalue weighted by molar-refractivity contribution is -0.143. The lowest BCUT2D eigenvalue weighted by atomic mass is 10.0. The number of aliphatic carboxylic acids is 1. The predicted octanol–water partition coefficient (Wildman–Crippen LogP) is 3.48. The van der Waals surface area contributed by atoms with E-state index in [1.165, 1.54) is 0 Å². The summed E-state index contributed by atoms with van der Waals surface area (Å²) in [6, 6.07) is 16.8. The van der Waals surface area contributed by atoms with Crippen LogP contribution in [0.25, 0.3) is 10.9 Å². The predicted molar refractivity (Wildman–Crippen MR) is 125 cm³/mol.